The largest absolute Gasteiger partial charge is 0.416 e. The van der Waals surface area contributed by atoms with Crippen molar-refractivity contribution in [3.8, 4) is 5.88 Å². The van der Waals surface area contributed by atoms with Gasteiger partial charge in [0, 0.05) is 12.7 Å². The third-order valence-corrected chi connectivity index (χ3v) is 4.77. The lowest BCUT2D eigenvalue weighted by Crippen LogP contribution is -2.21. The normalized spacial score (nSPS) is 12.1. The number of hydrogen-bond acceptors (Lipinski definition) is 6. The lowest BCUT2D eigenvalue weighted by atomic mass is 10.1. The number of fused-ring (bicyclic) bond motifs is 1. The van der Waals surface area contributed by atoms with Crippen molar-refractivity contribution >= 4 is 56.0 Å². The first-order valence-electron chi connectivity index (χ1n) is 8.44. The molecule has 0 aliphatic carbocycles. The van der Waals surface area contributed by atoms with Gasteiger partial charge in [0.2, 0.25) is 5.88 Å². The maximum absolute atomic E-state index is 12.5. The van der Waals surface area contributed by atoms with Crippen LogP contribution in [-0.2, 0) is 4.74 Å². The minimum absolute atomic E-state index is 0.153. The van der Waals surface area contributed by atoms with E-state index in [9.17, 15) is 13.6 Å². The molecule has 0 radical (unpaired) electrons. The van der Waals surface area contributed by atoms with Crippen molar-refractivity contribution in [2.45, 2.75) is 19.6 Å². The van der Waals surface area contributed by atoms with Gasteiger partial charge in [0.15, 0.2) is 0 Å². The van der Waals surface area contributed by atoms with Gasteiger partial charge in [0.25, 0.3) is 0 Å². The number of carbonyl (C=O) groups is 1. The fourth-order valence-electron chi connectivity index (χ4n) is 2.64. The summed E-state index contributed by atoms with van der Waals surface area (Å²) in [5.41, 5.74) is 2.30. The second kappa shape index (κ2) is 9.45. The van der Waals surface area contributed by atoms with Crippen molar-refractivity contribution in [2.75, 3.05) is 17.7 Å². The minimum Gasteiger partial charge on any atom is -0.416 e. The molecule has 0 unspecified atom stereocenters. The van der Waals surface area contributed by atoms with Crippen LogP contribution in [0.4, 0.5) is 25.0 Å². The maximum Gasteiger partial charge on any atom is 0.388 e. The zero-order valence-electron chi connectivity index (χ0n) is 15.6. The van der Waals surface area contributed by atoms with Crippen molar-refractivity contribution in [3.63, 3.8) is 0 Å². The maximum atomic E-state index is 12.5. The van der Waals surface area contributed by atoms with Crippen molar-refractivity contribution in [1.82, 2.24) is 15.0 Å². The molecular formula is C18H15BrClF2N5O3. The average molecular weight is 503 g/mol. The highest BCUT2D eigenvalue weighted by atomic mass is 79.9. The molecule has 0 aliphatic heterocycles. The van der Waals surface area contributed by atoms with Crippen LogP contribution in [0, 0.1) is 0 Å². The van der Waals surface area contributed by atoms with Crippen LogP contribution in [0.25, 0.3) is 11.0 Å². The third-order valence-electron chi connectivity index (χ3n) is 3.99. The number of halogens is 4. The highest BCUT2D eigenvalue weighted by molar-refractivity contribution is 9.10. The topological polar surface area (TPSA) is 98.3 Å². The average Bonchev–Trinajstić information content (AvgIpc) is 2.69. The lowest BCUT2D eigenvalue weighted by Gasteiger charge is -2.18. The summed E-state index contributed by atoms with van der Waals surface area (Å²) < 4.78 is 34.5. The molecule has 0 aliphatic rings. The van der Waals surface area contributed by atoms with Gasteiger partial charge in [0.1, 0.15) is 5.15 Å². The Hall–Kier alpha value is -2.63. The molecule has 2 amide bonds. The molecule has 0 spiro atoms. The summed E-state index contributed by atoms with van der Waals surface area (Å²) in [5.74, 6) is -0.297. The van der Waals surface area contributed by atoms with E-state index in [1.807, 2.05) is 0 Å². The van der Waals surface area contributed by atoms with Gasteiger partial charge < -0.3 is 20.1 Å². The summed E-state index contributed by atoms with van der Waals surface area (Å²) in [6.45, 7) is -1.22. The van der Waals surface area contributed by atoms with Gasteiger partial charge in [-0.1, -0.05) is 11.6 Å². The highest BCUT2D eigenvalue weighted by Crippen LogP contribution is 2.32. The Labute approximate surface area is 183 Å². The molecule has 1 atom stereocenters. The predicted octanol–water partition coefficient (Wildman–Crippen LogP) is 5.39. The molecule has 0 aromatic carbocycles. The number of ether oxygens (including phenoxy) is 2. The van der Waals surface area contributed by atoms with E-state index in [0.29, 0.717) is 22.3 Å². The van der Waals surface area contributed by atoms with Crippen LogP contribution < -0.4 is 15.4 Å². The summed E-state index contributed by atoms with van der Waals surface area (Å²) in [4.78, 5) is 24.8. The monoisotopic (exact) mass is 501 g/mol. The number of urea groups is 1. The van der Waals surface area contributed by atoms with Crippen LogP contribution in [0.1, 0.15) is 18.6 Å². The standard InChI is InChI=1S/C18H15BrClF2N5O3/c1-8(29-2)14-12(7-23-11-3-4-13(20)27-15(11)14)26-18(28)25-9-5-10(19)16(24-6-9)30-17(21)22/h3-8,17H,1-2H3,(H2,25,26,28)/t8-/m0/s1. The van der Waals surface area contributed by atoms with E-state index >= 15 is 0 Å². The lowest BCUT2D eigenvalue weighted by molar-refractivity contribution is -0.0533. The number of aromatic nitrogens is 3. The molecule has 12 heteroatoms. The molecule has 0 saturated carbocycles. The van der Waals surface area contributed by atoms with Crippen LogP contribution >= 0.6 is 27.5 Å². The van der Waals surface area contributed by atoms with Gasteiger partial charge in [-0.05, 0) is 41.1 Å². The van der Waals surface area contributed by atoms with E-state index in [-0.39, 0.29) is 21.2 Å². The Morgan fingerprint density at radius 3 is 2.67 bits per heavy atom. The van der Waals surface area contributed by atoms with E-state index in [2.05, 4.69) is 46.3 Å². The molecule has 30 heavy (non-hydrogen) atoms. The van der Waals surface area contributed by atoms with E-state index in [0.717, 1.165) is 0 Å². The second-order valence-corrected chi connectivity index (χ2v) is 7.18. The van der Waals surface area contributed by atoms with Crippen molar-refractivity contribution in [3.05, 3.63) is 45.8 Å². The Kier molecular flexibility index (Phi) is 6.95. The van der Waals surface area contributed by atoms with Crippen LogP contribution in [0.15, 0.2) is 35.1 Å². The highest BCUT2D eigenvalue weighted by Gasteiger charge is 2.19. The SMILES string of the molecule is CO[C@@H](C)c1c(NC(=O)Nc2cnc(OC(F)F)c(Br)c2)cnc2ccc(Cl)nc12. The van der Waals surface area contributed by atoms with Crippen LogP contribution in [0.2, 0.25) is 5.15 Å². The summed E-state index contributed by atoms with van der Waals surface area (Å²) in [5, 5.41) is 5.51. The molecule has 0 fully saturated rings. The Bertz CT molecular complexity index is 1090. The number of alkyl halides is 2. The molecule has 3 rings (SSSR count). The molecular weight excluding hydrogens is 488 g/mol. The predicted molar refractivity (Wildman–Crippen MR) is 111 cm³/mol. The zero-order chi connectivity index (χ0) is 21.8. The summed E-state index contributed by atoms with van der Waals surface area (Å²) in [6, 6.07) is 4.10. The van der Waals surface area contributed by atoms with E-state index in [4.69, 9.17) is 16.3 Å². The minimum atomic E-state index is -3.01. The molecule has 2 N–H and O–H groups in total. The zero-order valence-corrected chi connectivity index (χ0v) is 18.0. The Balaban J connectivity index is 1.85. The molecule has 3 heterocycles. The number of methoxy groups -OCH3 is 1. The third kappa shape index (κ3) is 5.10. The molecule has 8 nitrogen and oxygen atoms in total. The first kappa shape index (κ1) is 22.1. The van der Waals surface area contributed by atoms with Crippen molar-refractivity contribution in [2.24, 2.45) is 0 Å². The van der Waals surface area contributed by atoms with Crippen LogP contribution in [-0.4, -0.2) is 34.7 Å². The van der Waals surface area contributed by atoms with Gasteiger partial charge >= 0.3 is 12.6 Å². The fraction of sp³-hybridized carbons (Fsp3) is 0.222. The number of amides is 2. The van der Waals surface area contributed by atoms with Crippen molar-refractivity contribution in [1.29, 1.82) is 0 Å². The number of rotatable bonds is 6. The van der Waals surface area contributed by atoms with Crippen LogP contribution in [0.5, 0.6) is 5.88 Å². The first-order valence-corrected chi connectivity index (χ1v) is 9.62. The molecule has 0 saturated heterocycles. The first-order chi connectivity index (χ1) is 14.3. The number of pyridine rings is 3. The second-order valence-electron chi connectivity index (χ2n) is 5.93. The number of carbonyl (C=O) groups excluding carboxylic acids is 1. The number of nitrogens with one attached hydrogen (secondary N) is 2. The summed E-state index contributed by atoms with van der Waals surface area (Å²) in [7, 11) is 1.53. The Morgan fingerprint density at radius 2 is 2.00 bits per heavy atom. The van der Waals surface area contributed by atoms with Gasteiger partial charge in [-0.2, -0.15) is 8.78 Å². The van der Waals surface area contributed by atoms with E-state index in [1.165, 1.54) is 25.6 Å². The van der Waals surface area contributed by atoms with Crippen LogP contribution in [0.3, 0.4) is 0 Å². The summed E-state index contributed by atoms with van der Waals surface area (Å²) >= 11 is 9.08. The number of anilines is 2. The quantitative estimate of drug-likeness (QED) is 0.438. The number of nitrogens with zero attached hydrogens (tertiary/aromatic N) is 3. The smallest absolute Gasteiger partial charge is 0.388 e. The van der Waals surface area contributed by atoms with E-state index < -0.39 is 18.7 Å². The van der Waals surface area contributed by atoms with Gasteiger partial charge in [0.05, 0.1) is 45.4 Å². The number of hydrogen-bond donors (Lipinski definition) is 2. The van der Waals surface area contributed by atoms with Gasteiger partial charge in [-0.15, -0.1) is 0 Å². The molecule has 158 valence electrons. The van der Waals surface area contributed by atoms with E-state index in [1.54, 1.807) is 19.1 Å². The Morgan fingerprint density at radius 1 is 1.23 bits per heavy atom. The summed E-state index contributed by atoms with van der Waals surface area (Å²) in [6.07, 6.45) is 2.25. The molecule has 3 aromatic heterocycles. The van der Waals surface area contributed by atoms with Gasteiger partial charge in [-0.3, -0.25) is 4.98 Å². The van der Waals surface area contributed by atoms with Crippen molar-refractivity contribution < 1.29 is 23.0 Å². The fourth-order valence-corrected chi connectivity index (χ4v) is 3.23. The van der Waals surface area contributed by atoms with Gasteiger partial charge in [-0.25, -0.2) is 14.8 Å². The molecule has 3 aromatic rings. The molecule has 0 bridgehead atoms.